The second-order valence-corrected chi connectivity index (χ2v) is 8.06. The van der Waals surface area contributed by atoms with Gasteiger partial charge in [-0.2, -0.15) is 0 Å². The Morgan fingerprint density at radius 3 is 2.59 bits per heavy atom. The van der Waals surface area contributed by atoms with Crippen LogP contribution in [0, 0.1) is 5.92 Å². The number of ether oxygens (including phenoxy) is 2. The minimum Gasteiger partial charge on any atom is -0.476 e. The fourth-order valence-electron chi connectivity index (χ4n) is 3.34. The van der Waals surface area contributed by atoms with E-state index in [1.165, 1.54) is 18.0 Å². The summed E-state index contributed by atoms with van der Waals surface area (Å²) >= 11 is 0. The van der Waals surface area contributed by atoms with Gasteiger partial charge in [-0.05, 0) is 30.9 Å². The molecule has 0 unspecified atom stereocenters. The summed E-state index contributed by atoms with van der Waals surface area (Å²) in [5.41, 5.74) is -0.207. The third kappa shape index (κ3) is 4.42. The minimum atomic E-state index is -2.72. The number of pyridine rings is 1. The molecule has 3 heterocycles. The molecule has 2 aliphatic heterocycles. The third-order valence-electron chi connectivity index (χ3n) is 5.32. The standard InChI is InChI=1S/C19H24F2N4O4/c1-22-15(26)6-18(10-28-11-18)24-16(27)13-4-5-14(25-8-19(20,21)9-25)17(23-13)29-7-12-2-3-12/h4-5,12H,2-3,6-11H2,1H3,(H,22,26)(H,24,27). The van der Waals surface area contributed by atoms with Crippen molar-refractivity contribution in [2.45, 2.75) is 30.7 Å². The Balaban J connectivity index is 1.49. The van der Waals surface area contributed by atoms with Crippen molar-refractivity contribution in [3.05, 3.63) is 17.8 Å². The van der Waals surface area contributed by atoms with Crippen molar-refractivity contribution in [3.8, 4) is 5.88 Å². The van der Waals surface area contributed by atoms with Crippen LogP contribution in [0.15, 0.2) is 12.1 Å². The first-order valence-electron chi connectivity index (χ1n) is 9.67. The number of rotatable bonds is 8. The van der Waals surface area contributed by atoms with Crippen LogP contribution in [-0.2, 0) is 9.53 Å². The second-order valence-electron chi connectivity index (χ2n) is 8.06. The summed E-state index contributed by atoms with van der Waals surface area (Å²) < 4.78 is 37.5. The van der Waals surface area contributed by atoms with Crippen molar-refractivity contribution in [2.24, 2.45) is 5.92 Å². The van der Waals surface area contributed by atoms with E-state index >= 15 is 0 Å². The predicted molar refractivity (Wildman–Crippen MR) is 99.3 cm³/mol. The number of carbonyl (C=O) groups is 2. The summed E-state index contributed by atoms with van der Waals surface area (Å²) in [6, 6.07) is 3.07. The Morgan fingerprint density at radius 1 is 1.31 bits per heavy atom. The molecule has 158 valence electrons. The number of nitrogens with zero attached hydrogens (tertiary/aromatic N) is 2. The van der Waals surface area contributed by atoms with Gasteiger partial charge in [0.2, 0.25) is 11.8 Å². The van der Waals surface area contributed by atoms with Crippen LogP contribution in [0.4, 0.5) is 14.5 Å². The molecule has 1 saturated carbocycles. The van der Waals surface area contributed by atoms with Crippen LogP contribution in [0.2, 0.25) is 0 Å². The van der Waals surface area contributed by atoms with E-state index in [1.54, 1.807) is 6.07 Å². The number of amides is 2. The Bertz CT molecular complexity index is 803. The molecule has 2 saturated heterocycles. The smallest absolute Gasteiger partial charge is 0.282 e. The molecule has 10 heteroatoms. The first kappa shape index (κ1) is 19.8. The van der Waals surface area contributed by atoms with Gasteiger partial charge in [0.25, 0.3) is 11.8 Å². The normalized spacial score (nSPS) is 21.6. The summed E-state index contributed by atoms with van der Waals surface area (Å²) in [5.74, 6) is -2.76. The van der Waals surface area contributed by atoms with Gasteiger partial charge in [-0.3, -0.25) is 9.59 Å². The lowest BCUT2D eigenvalue weighted by atomic mass is 9.92. The van der Waals surface area contributed by atoms with E-state index in [9.17, 15) is 18.4 Å². The zero-order valence-corrected chi connectivity index (χ0v) is 16.2. The zero-order valence-electron chi connectivity index (χ0n) is 16.2. The maximum absolute atomic E-state index is 13.3. The highest BCUT2D eigenvalue weighted by molar-refractivity contribution is 5.94. The fourth-order valence-corrected chi connectivity index (χ4v) is 3.34. The van der Waals surface area contributed by atoms with Gasteiger partial charge in [0.15, 0.2) is 0 Å². The van der Waals surface area contributed by atoms with Gasteiger partial charge in [0, 0.05) is 7.05 Å². The second kappa shape index (κ2) is 7.40. The molecule has 29 heavy (non-hydrogen) atoms. The quantitative estimate of drug-likeness (QED) is 0.663. The van der Waals surface area contributed by atoms with Crippen LogP contribution in [0.1, 0.15) is 29.8 Å². The van der Waals surface area contributed by atoms with Crippen molar-refractivity contribution < 1.29 is 27.8 Å². The Kier molecular flexibility index (Phi) is 5.05. The van der Waals surface area contributed by atoms with E-state index < -0.39 is 30.5 Å². The van der Waals surface area contributed by atoms with E-state index in [4.69, 9.17) is 9.47 Å². The average Bonchev–Trinajstić information content (AvgIpc) is 3.46. The topological polar surface area (TPSA) is 92.8 Å². The number of alkyl halides is 2. The SMILES string of the molecule is CNC(=O)CC1(NC(=O)c2ccc(N3CC(F)(F)C3)c(OCC3CC3)n2)COC1. The molecule has 3 aliphatic rings. The molecule has 1 aromatic heterocycles. The summed E-state index contributed by atoms with van der Waals surface area (Å²) in [7, 11) is 1.53. The van der Waals surface area contributed by atoms with Gasteiger partial charge in [-0.25, -0.2) is 13.8 Å². The summed E-state index contributed by atoms with van der Waals surface area (Å²) in [4.78, 5) is 30.3. The van der Waals surface area contributed by atoms with Crippen LogP contribution in [0.3, 0.4) is 0 Å². The molecule has 0 spiro atoms. The number of hydrogen-bond donors (Lipinski definition) is 2. The molecule has 1 aliphatic carbocycles. The van der Waals surface area contributed by atoms with E-state index in [0.717, 1.165) is 12.8 Å². The largest absolute Gasteiger partial charge is 0.476 e. The highest BCUT2D eigenvalue weighted by Crippen LogP contribution is 2.38. The van der Waals surface area contributed by atoms with Crippen LogP contribution in [-0.4, -0.2) is 68.2 Å². The van der Waals surface area contributed by atoms with Crippen molar-refractivity contribution in [1.29, 1.82) is 0 Å². The van der Waals surface area contributed by atoms with Crippen molar-refractivity contribution in [1.82, 2.24) is 15.6 Å². The highest BCUT2D eigenvalue weighted by atomic mass is 19.3. The molecule has 1 aromatic rings. The number of aromatic nitrogens is 1. The lowest BCUT2D eigenvalue weighted by Gasteiger charge is -2.41. The highest BCUT2D eigenvalue weighted by Gasteiger charge is 2.45. The Morgan fingerprint density at radius 2 is 2.03 bits per heavy atom. The molecule has 2 amide bonds. The zero-order chi connectivity index (χ0) is 20.6. The van der Waals surface area contributed by atoms with Crippen molar-refractivity contribution >= 4 is 17.5 Å². The van der Waals surface area contributed by atoms with Gasteiger partial charge in [0.1, 0.15) is 11.4 Å². The number of anilines is 1. The summed E-state index contributed by atoms with van der Waals surface area (Å²) in [6.07, 6.45) is 2.24. The number of carbonyl (C=O) groups excluding carboxylic acids is 2. The monoisotopic (exact) mass is 410 g/mol. The number of nitrogens with one attached hydrogen (secondary N) is 2. The first-order chi connectivity index (χ1) is 13.8. The van der Waals surface area contributed by atoms with Gasteiger partial charge in [-0.1, -0.05) is 0 Å². The Hall–Kier alpha value is -2.49. The molecule has 0 aromatic carbocycles. The molecule has 0 atom stereocenters. The van der Waals surface area contributed by atoms with Crippen molar-refractivity contribution in [3.63, 3.8) is 0 Å². The van der Waals surface area contributed by atoms with E-state index in [-0.39, 0.29) is 37.1 Å². The molecule has 4 rings (SSSR count). The summed E-state index contributed by atoms with van der Waals surface area (Å²) in [6.45, 7) is 0.124. The average molecular weight is 410 g/mol. The molecule has 3 fully saturated rings. The van der Waals surface area contributed by atoms with Gasteiger partial charge in [0.05, 0.1) is 44.9 Å². The maximum Gasteiger partial charge on any atom is 0.282 e. The van der Waals surface area contributed by atoms with Crippen LogP contribution >= 0.6 is 0 Å². The van der Waals surface area contributed by atoms with Crippen LogP contribution < -0.4 is 20.3 Å². The molecule has 2 N–H and O–H groups in total. The fraction of sp³-hybridized carbons (Fsp3) is 0.632. The van der Waals surface area contributed by atoms with E-state index in [2.05, 4.69) is 15.6 Å². The van der Waals surface area contributed by atoms with Gasteiger partial charge < -0.3 is 25.0 Å². The lowest BCUT2D eigenvalue weighted by Crippen LogP contribution is -2.63. The van der Waals surface area contributed by atoms with Gasteiger partial charge >= 0.3 is 0 Å². The minimum absolute atomic E-state index is 0.0984. The molecule has 0 radical (unpaired) electrons. The van der Waals surface area contributed by atoms with Crippen LogP contribution in [0.25, 0.3) is 0 Å². The molecular weight excluding hydrogens is 386 g/mol. The Labute approximate surface area is 166 Å². The molecule has 8 nitrogen and oxygen atoms in total. The lowest BCUT2D eigenvalue weighted by molar-refractivity contribution is -0.129. The summed E-state index contributed by atoms with van der Waals surface area (Å²) in [5, 5.41) is 5.36. The number of halogens is 2. The maximum atomic E-state index is 13.3. The van der Waals surface area contributed by atoms with Crippen LogP contribution in [0.5, 0.6) is 5.88 Å². The molecule has 0 bridgehead atoms. The third-order valence-corrected chi connectivity index (χ3v) is 5.32. The first-order valence-corrected chi connectivity index (χ1v) is 9.67. The van der Waals surface area contributed by atoms with Crippen molar-refractivity contribution in [2.75, 3.05) is 44.9 Å². The number of hydrogen-bond acceptors (Lipinski definition) is 6. The predicted octanol–water partition coefficient (Wildman–Crippen LogP) is 0.961. The van der Waals surface area contributed by atoms with Gasteiger partial charge in [-0.15, -0.1) is 0 Å². The van der Waals surface area contributed by atoms with E-state index in [1.807, 2.05) is 0 Å². The molecular formula is C19H24F2N4O4. The van der Waals surface area contributed by atoms with E-state index in [0.29, 0.717) is 18.2 Å².